The molecule has 1 N–H and O–H groups in total. The minimum Gasteiger partial charge on any atom is -0.311 e. The van der Waals surface area contributed by atoms with E-state index in [4.69, 9.17) is 0 Å². The van der Waals surface area contributed by atoms with Crippen LogP contribution in [0.4, 0.5) is 8.78 Å². The van der Waals surface area contributed by atoms with E-state index in [0.717, 1.165) is 6.07 Å². The first-order valence-electron chi connectivity index (χ1n) is 6.40. The fourth-order valence-corrected chi connectivity index (χ4v) is 1.92. The monoisotopic (exact) mass is 255 g/mol. The van der Waals surface area contributed by atoms with Gasteiger partial charge in [-0.15, -0.1) is 0 Å². The molecule has 3 heteroatoms. The van der Waals surface area contributed by atoms with Crippen LogP contribution in [0.5, 0.6) is 0 Å². The normalized spacial score (nSPS) is 14.0. The standard InChI is InChI=1S/C15H23F2N/c1-10(2)13(9-18-15(3,4)5)12-7-6-11(16)8-14(12)17/h6-8,10,13,18H,9H2,1-5H3. The molecule has 0 heterocycles. The highest BCUT2D eigenvalue weighted by atomic mass is 19.1. The second-order valence-electron chi connectivity index (χ2n) is 6.15. The predicted molar refractivity (Wildman–Crippen MR) is 71.7 cm³/mol. The van der Waals surface area contributed by atoms with Crippen LogP contribution in [0, 0.1) is 17.6 Å². The molecule has 0 radical (unpaired) electrons. The summed E-state index contributed by atoms with van der Waals surface area (Å²) >= 11 is 0. The van der Waals surface area contributed by atoms with Crippen molar-refractivity contribution in [1.82, 2.24) is 5.32 Å². The molecule has 0 amide bonds. The molecule has 18 heavy (non-hydrogen) atoms. The molecule has 0 saturated carbocycles. The van der Waals surface area contributed by atoms with E-state index in [1.807, 2.05) is 0 Å². The van der Waals surface area contributed by atoms with Gasteiger partial charge in [0, 0.05) is 24.1 Å². The number of rotatable bonds is 4. The van der Waals surface area contributed by atoms with Crippen molar-refractivity contribution in [3.63, 3.8) is 0 Å². The van der Waals surface area contributed by atoms with Crippen LogP contribution in [0.25, 0.3) is 0 Å². The molecule has 0 aliphatic rings. The molecule has 1 aromatic rings. The summed E-state index contributed by atoms with van der Waals surface area (Å²) in [7, 11) is 0. The van der Waals surface area contributed by atoms with E-state index in [-0.39, 0.29) is 11.5 Å². The van der Waals surface area contributed by atoms with Gasteiger partial charge in [-0.2, -0.15) is 0 Å². The van der Waals surface area contributed by atoms with Crippen molar-refractivity contribution in [3.8, 4) is 0 Å². The van der Waals surface area contributed by atoms with Crippen molar-refractivity contribution in [3.05, 3.63) is 35.4 Å². The maximum Gasteiger partial charge on any atom is 0.129 e. The number of hydrogen-bond acceptors (Lipinski definition) is 1. The molecule has 0 spiro atoms. The van der Waals surface area contributed by atoms with Crippen molar-refractivity contribution in [2.75, 3.05) is 6.54 Å². The Morgan fingerprint density at radius 2 is 1.78 bits per heavy atom. The molecule has 0 fully saturated rings. The van der Waals surface area contributed by atoms with Gasteiger partial charge in [-0.05, 0) is 38.3 Å². The molecule has 1 aromatic carbocycles. The first-order valence-corrected chi connectivity index (χ1v) is 6.40. The van der Waals surface area contributed by atoms with Gasteiger partial charge in [0.05, 0.1) is 0 Å². The highest BCUT2D eigenvalue weighted by Crippen LogP contribution is 2.27. The summed E-state index contributed by atoms with van der Waals surface area (Å²) in [5.74, 6) is -0.642. The Morgan fingerprint density at radius 3 is 2.22 bits per heavy atom. The highest BCUT2D eigenvalue weighted by molar-refractivity contribution is 5.23. The fraction of sp³-hybridized carbons (Fsp3) is 0.600. The Hall–Kier alpha value is -0.960. The van der Waals surface area contributed by atoms with Crippen LogP contribution in [0.1, 0.15) is 46.1 Å². The zero-order valence-electron chi connectivity index (χ0n) is 11.8. The summed E-state index contributed by atoms with van der Waals surface area (Å²) in [5, 5.41) is 3.38. The van der Waals surface area contributed by atoms with Gasteiger partial charge in [0.2, 0.25) is 0 Å². The minimum absolute atomic E-state index is 0.0103. The topological polar surface area (TPSA) is 12.0 Å². The third-order valence-corrected chi connectivity index (χ3v) is 3.02. The maximum absolute atomic E-state index is 13.8. The summed E-state index contributed by atoms with van der Waals surface area (Å²) < 4.78 is 26.7. The molecule has 1 atom stereocenters. The molecule has 0 aromatic heterocycles. The van der Waals surface area contributed by atoms with E-state index in [9.17, 15) is 8.78 Å². The Labute approximate surface area is 109 Å². The molecule has 1 unspecified atom stereocenters. The average Bonchev–Trinajstić information content (AvgIpc) is 2.18. The quantitative estimate of drug-likeness (QED) is 0.854. The average molecular weight is 255 g/mol. The third-order valence-electron chi connectivity index (χ3n) is 3.02. The van der Waals surface area contributed by atoms with Crippen LogP contribution in [-0.4, -0.2) is 12.1 Å². The summed E-state index contributed by atoms with van der Waals surface area (Å²) in [6.45, 7) is 11.0. The van der Waals surface area contributed by atoms with Gasteiger partial charge in [0.25, 0.3) is 0 Å². The lowest BCUT2D eigenvalue weighted by Gasteiger charge is -2.28. The van der Waals surface area contributed by atoms with Crippen LogP contribution >= 0.6 is 0 Å². The van der Waals surface area contributed by atoms with E-state index in [1.54, 1.807) is 6.07 Å². The van der Waals surface area contributed by atoms with Crippen molar-refractivity contribution >= 4 is 0 Å². The summed E-state index contributed by atoms with van der Waals surface area (Å²) in [6, 6.07) is 3.84. The molecular weight excluding hydrogens is 232 g/mol. The van der Waals surface area contributed by atoms with Crippen LogP contribution in [0.3, 0.4) is 0 Å². The van der Waals surface area contributed by atoms with Gasteiger partial charge in [-0.3, -0.25) is 0 Å². The van der Waals surface area contributed by atoms with Crippen molar-refractivity contribution in [2.24, 2.45) is 5.92 Å². The largest absolute Gasteiger partial charge is 0.311 e. The maximum atomic E-state index is 13.8. The van der Waals surface area contributed by atoms with Gasteiger partial charge in [0.15, 0.2) is 0 Å². The molecule has 1 rings (SSSR count). The van der Waals surface area contributed by atoms with Gasteiger partial charge < -0.3 is 5.32 Å². The third kappa shape index (κ3) is 4.37. The number of hydrogen-bond donors (Lipinski definition) is 1. The number of halogens is 2. The second-order valence-corrected chi connectivity index (χ2v) is 6.15. The van der Waals surface area contributed by atoms with Crippen molar-refractivity contribution < 1.29 is 8.78 Å². The van der Waals surface area contributed by atoms with Crippen LogP contribution < -0.4 is 5.32 Å². The van der Waals surface area contributed by atoms with Crippen molar-refractivity contribution in [1.29, 1.82) is 0 Å². The van der Waals surface area contributed by atoms with Crippen LogP contribution in [-0.2, 0) is 0 Å². The molecule has 0 aliphatic carbocycles. The van der Waals surface area contributed by atoms with Crippen LogP contribution in [0.2, 0.25) is 0 Å². The van der Waals surface area contributed by atoms with Gasteiger partial charge in [0.1, 0.15) is 11.6 Å². The molecular formula is C15H23F2N. The fourth-order valence-electron chi connectivity index (χ4n) is 1.92. The second kappa shape index (κ2) is 5.79. The summed E-state index contributed by atoms with van der Waals surface area (Å²) in [4.78, 5) is 0. The van der Waals surface area contributed by atoms with E-state index >= 15 is 0 Å². The Kier molecular flexibility index (Phi) is 4.85. The van der Waals surface area contributed by atoms with E-state index in [1.165, 1.54) is 6.07 Å². The molecule has 1 nitrogen and oxygen atoms in total. The van der Waals surface area contributed by atoms with Gasteiger partial charge in [-0.1, -0.05) is 19.9 Å². The lowest BCUT2D eigenvalue weighted by atomic mass is 9.87. The summed E-state index contributed by atoms with van der Waals surface area (Å²) in [6.07, 6.45) is 0. The Morgan fingerprint density at radius 1 is 1.17 bits per heavy atom. The molecule has 0 bridgehead atoms. The van der Waals surface area contributed by atoms with Crippen molar-refractivity contribution in [2.45, 2.75) is 46.1 Å². The highest BCUT2D eigenvalue weighted by Gasteiger charge is 2.21. The van der Waals surface area contributed by atoms with E-state index in [2.05, 4.69) is 39.9 Å². The Balaban J connectivity index is 2.91. The number of nitrogens with one attached hydrogen (secondary N) is 1. The smallest absolute Gasteiger partial charge is 0.129 e. The van der Waals surface area contributed by atoms with Gasteiger partial charge >= 0.3 is 0 Å². The lowest BCUT2D eigenvalue weighted by Crippen LogP contribution is -2.39. The first-order chi connectivity index (χ1) is 8.20. The summed E-state index contributed by atoms with van der Waals surface area (Å²) in [5.41, 5.74) is 0.576. The molecule has 102 valence electrons. The number of benzene rings is 1. The van der Waals surface area contributed by atoms with Crippen LogP contribution in [0.15, 0.2) is 18.2 Å². The molecule has 0 aliphatic heterocycles. The zero-order chi connectivity index (χ0) is 13.9. The van der Waals surface area contributed by atoms with E-state index in [0.29, 0.717) is 18.0 Å². The molecule has 0 saturated heterocycles. The predicted octanol–water partition coefficient (Wildman–Crippen LogP) is 4.09. The SMILES string of the molecule is CC(C)C(CNC(C)(C)C)c1ccc(F)cc1F. The van der Waals surface area contributed by atoms with Gasteiger partial charge in [-0.25, -0.2) is 8.78 Å². The first kappa shape index (κ1) is 15.1. The minimum atomic E-state index is -0.525. The zero-order valence-corrected chi connectivity index (χ0v) is 11.8. The Bertz CT molecular complexity index is 394. The van der Waals surface area contributed by atoms with E-state index < -0.39 is 11.6 Å². The lowest BCUT2D eigenvalue weighted by molar-refractivity contribution is 0.365.